The van der Waals surface area contributed by atoms with Crippen LogP contribution in [0.2, 0.25) is 10.0 Å². The fourth-order valence-corrected chi connectivity index (χ4v) is 4.78. The number of hydrogen-bond donors (Lipinski definition) is 2. The van der Waals surface area contributed by atoms with E-state index >= 15 is 0 Å². The van der Waals surface area contributed by atoms with Gasteiger partial charge < -0.3 is 10.2 Å². The summed E-state index contributed by atoms with van der Waals surface area (Å²) in [5.74, 6) is -2.12. The Balaban J connectivity index is 1.78. The number of aromatic carboxylic acids is 2. The van der Waals surface area contributed by atoms with Gasteiger partial charge in [0.05, 0.1) is 21.3 Å². The summed E-state index contributed by atoms with van der Waals surface area (Å²) >= 11 is 12.8. The Kier molecular flexibility index (Phi) is 7.77. The summed E-state index contributed by atoms with van der Waals surface area (Å²) in [7, 11) is 0. The van der Waals surface area contributed by atoms with Crippen LogP contribution in [0.15, 0.2) is 66.7 Å². The summed E-state index contributed by atoms with van der Waals surface area (Å²) in [6.07, 6.45) is 2.73. The molecule has 0 bridgehead atoms. The molecule has 0 aliphatic carbocycles. The van der Waals surface area contributed by atoms with Crippen LogP contribution in [0.1, 0.15) is 57.4 Å². The van der Waals surface area contributed by atoms with Crippen LogP contribution >= 0.6 is 23.2 Å². The molecule has 1 heterocycles. The highest BCUT2D eigenvalue weighted by molar-refractivity contribution is 6.37. The summed E-state index contributed by atoms with van der Waals surface area (Å²) in [5, 5.41) is 25.0. The van der Waals surface area contributed by atoms with Gasteiger partial charge in [-0.3, -0.25) is 0 Å². The van der Waals surface area contributed by atoms with E-state index in [1.807, 2.05) is 24.3 Å². The number of carboxylic acids is 2. The zero-order valence-electron chi connectivity index (χ0n) is 19.5. The Morgan fingerprint density at radius 2 is 1.56 bits per heavy atom. The third kappa shape index (κ3) is 5.15. The maximum atomic E-state index is 12.5. The Morgan fingerprint density at radius 1 is 0.889 bits per heavy atom. The van der Waals surface area contributed by atoms with Gasteiger partial charge >= 0.3 is 11.9 Å². The first-order valence-corrected chi connectivity index (χ1v) is 12.3. The van der Waals surface area contributed by atoms with Crippen molar-refractivity contribution >= 4 is 35.1 Å². The molecule has 8 heteroatoms. The Bertz CT molecular complexity index is 1410. The van der Waals surface area contributed by atoms with Crippen molar-refractivity contribution in [3.8, 4) is 16.8 Å². The van der Waals surface area contributed by atoms with Crippen LogP contribution in [0.3, 0.4) is 0 Å². The van der Waals surface area contributed by atoms with Gasteiger partial charge in [-0.2, -0.15) is 5.10 Å². The maximum Gasteiger partial charge on any atom is 0.354 e. The fourth-order valence-electron chi connectivity index (χ4n) is 4.23. The zero-order valence-corrected chi connectivity index (χ0v) is 21.1. The molecule has 0 spiro atoms. The second-order valence-corrected chi connectivity index (χ2v) is 9.20. The Labute approximate surface area is 218 Å². The highest BCUT2D eigenvalue weighted by atomic mass is 35.5. The quantitative estimate of drug-likeness (QED) is 0.243. The third-order valence-corrected chi connectivity index (χ3v) is 6.60. The van der Waals surface area contributed by atoms with Crippen LogP contribution in [0.5, 0.6) is 0 Å². The maximum absolute atomic E-state index is 12.5. The number of unbranched alkanes of at least 4 members (excludes halogenated alkanes) is 1. The molecule has 1 aromatic heterocycles. The van der Waals surface area contributed by atoms with Crippen LogP contribution in [0.25, 0.3) is 16.8 Å². The number of aromatic nitrogens is 2. The number of benzene rings is 3. The van der Waals surface area contributed by atoms with Gasteiger partial charge in [0.15, 0.2) is 5.69 Å². The molecule has 0 fully saturated rings. The van der Waals surface area contributed by atoms with E-state index in [4.69, 9.17) is 23.2 Å². The van der Waals surface area contributed by atoms with Gasteiger partial charge in [-0.15, -0.1) is 0 Å². The minimum Gasteiger partial charge on any atom is -0.478 e. The smallest absolute Gasteiger partial charge is 0.354 e. The van der Waals surface area contributed by atoms with Crippen LogP contribution in [0.4, 0.5) is 0 Å². The summed E-state index contributed by atoms with van der Waals surface area (Å²) in [6.45, 7) is 2.06. The van der Waals surface area contributed by atoms with E-state index in [0.717, 1.165) is 24.0 Å². The monoisotopic (exact) mass is 522 g/mol. The topological polar surface area (TPSA) is 92.4 Å². The molecule has 4 rings (SSSR count). The van der Waals surface area contributed by atoms with Crippen molar-refractivity contribution in [1.29, 1.82) is 0 Å². The summed E-state index contributed by atoms with van der Waals surface area (Å²) in [5.41, 5.74) is 4.12. The minimum absolute atomic E-state index is 0.0244. The average Bonchev–Trinajstić information content (AvgIpc) is 3.20. The zero-order chi connectivity index (χ0) is 25.8. The Hall–Kier alpha value is -3.61. The molecule has 184 valence electrons. The lowest BCUT2D eigenvalue weighted by molar-refractivity contribution is 0.0679. The normalized spacial score (nSPS) is 11.0. The first kappa shape index (κ1) is 25.5. The van der Waals surface area contributed by atoms with E-state index in [9.17, 15) is 19.8 Å². The molecular weight excluding hydrogens is 499 g/mol. The lowest BCUT2D eigenvalue weighted by Crippen LogP contribution is -2.11. The summed E-state index contributed by atoms with van der Waals surface area (Å²) in [4.78, 5) is 24.1. The molecule has 6 nitrogen and oxygen atoms in total. The summed E-state index contributed by atoms with van der Waals surface area (Å²) in [6, 6.07) is 19.3. The van der Waals surface area contributed by atoms with Crippen LogP contribution in [-0.2, 0) is 12.8 Å². The number of hydrogen-bond acceptors (Lipinski definition) is 3. The van der Waals surface area contributed by atoms with Gasteiger partial charge in [0, 0.05) is 12.0 Å². The number of carbonyl (C=O) groups is 2. The average molecular weight is 523 g/mol. The second kappa shape index (κ2) is 11.0. The first-order valence-electron chi connectivity index (χ1n) is 11.5. The SMILES string of the molecule is CCCCc1nn(-c2c(Cl)cccc2Cl)c(C(=O)O)c1Cc1ccc(-c2ccccc2C(=O)O)cc1. The van der Waals surface area contributed by atoms with E-state index in [2.05, 4.69) is 12.0 Å². The van der Waals surface area contributed by atoms with Crippen molar-refractivity contribution in [2.75, 3.05) is 0 Å². The molecular formula is C28H24Cl2N2O4. The minimum atomic E-state index is -1.12. The third-order valence-electron chi connectivity index (χ3n) is 5.99. The predicted octanol–water partition coefficient (Wildman–Crippen LogP) is 7.18. The number of carboxylic acid groups (broad SMARTS) is 2. The van der Waals surface area contributed by atoms with Crippen LogP contribution in [0, 0.1) is 0 Å². The van der Waals surface area contributed by atoms with Gasteiger partial charge in [0.1, 0.15) is 5.69 Å². The molecule has 0 aliphatic rings. The highest BCUT2D eigenvalue weighted by Crippen LogP contribution is 2.32. The van der Waals surface area contributed by atoms with Crippen molar-refractivity contribution in [2.45, 2.75) is 32.6 Å². The van der Waals surface area contributed by atoms with Gasteiger partial charge in [0.25, 0.3) is 0 Å². The number of rotatable bonds is 9. The molecule has 2 N–H and O–H groups in total. The molecule has 0 atom stereocenters. The van der Waals surface area contributed by atoms with E-state index in [1.165, 1.54) is 4.68 Å². The molecule has 0 unspecified atom stereocenters. The molecule has 36 heavy (non-hydrogen) atoms. The largest absolute Gasteiger partial charge is 0.478 e. The molecule has 0 amide bonds. The van der Waals surface area contributed by atoms with Gasteiger partial charge in [-0.05, 0) is 47.7 Å². The van der Waals surface area contributed by atoms with E-state index in [0.29, 0.717) is 45.4 Å². The fraction of sp³-hybridized carbons (Fsp3) is 0.179. The van der Waals surface area contributed by atoms with E-state index in [1.54, 1.807) is 42.5 Å². The van der Waals surface area contributed by atoms with Crippen molar-refractivity contribution in [1.82, 2.24) is 9.78 Å². The molecule has 4 aromatic rings. The van der Waals surface area contributed by atoms with Crippen LogP contribution in [-0.4, -0.2) is 31.9 Å². The highest BCUT2D eigenvalue weighted by Gasteiger charge is 2.26. The van der Waals surface area contributed by atoms with Crippen LogP contribution < -0.4 is 0 Å². The lowest BCUT2D eigenvalue weighted by atomic mass is 9.96. The van der Waals surface area contributed by atoms with Gasteiger partial charge in [-0.1, -0.05) is 85.1 Å². The lowest BCUT2D eigenvalue weighted by Gasteiger charge is -2.10. The number of para-hydroxylation sites is 1. The standard InChI is InChI=1S/C28H24Cl2N2O4/c1-2-3-11-24-21(25(28(35)36)32(31-24)26-22(29)9-6-10-23(26)30)16-17-12-14-18(15-13-17)19-7-4-5-8-20(19)27(33)34/h4-10,12-15H,2-3,11,16H2,1H3,(H,33,34)(H,35,36). The predicted molar refractivity (Wildman–Crippen MR) is 141 cm³/mol. The van der Waals surface area contributed by atoms with E-state index < -0.39 is 11.9 Å². The molecule has 0 aliphatic heterocycles. The number of nitrogens with zero attached hydrogens (tertiary/aromatic N) is 2. The first-order chi connectivity index (χ1) is 17.3. The number of halogens is 2. The Morgan fingerprint density at radius 3 is 2.17 bits per heavy atom. The molecule has 0 radical (unpaired) electrons. The van der Waals surface area contributed by atoms with Crippen molar-refractivity contribution in [3.63, 3.8) is 0 Å². The van der Waals surface area contributed by atoms with Crippen molar-refractivity contribution < 1.29 is 19.8 Å². The molecule has 0 saturated carbocycles. The number of aryl methyl sites for hydroxylation is 1. The molecule has 3 aromatic carbocycles. The van der Waals surface area contributed by atoms with E-state index in [-0.39, 0.29) is 11.3 Å². The van der Waals surface area contributed by atoms with Crippen molar-refractivity contribution in [2.24, 2.45) is 0 Å². The summed E-state index contributed by atoms with van der Waals surface area (Å²) < 4.78 is 1.34. The molecule has 0 saturated heterocycles. The van der Waals surface area contributed by atoms with Gasteiger partial charge in [-0.25, -0.2) is 14.3 Å². The van der Waals surface area contributed by atoms with Gasteiger partial charge in [0.2, 0.25) is 0 Å². The van der Waals surface area contributed by atoms with Crippen molar-refractivity contribution in [3.05, 3.63) is 105 Å². The second-order valence-electron chi connectivity index (χ2n) is 8.39.